The monoisotopic (exact) mass is 348 g/mol. The zero-order valence-electron chi connectivity index (χ0n) is 14.3. The number of ether oxygens (including phenoxy) is 1. The first kappa shape index (κ1) is 17.4. The van der Waals surface area contributed by atoms with Gasteiger partial charge in [-0.25, -0.2) is 4.79 Å². The van der Waals surface area contributed by atoms with Gasteiger partial charge in [0.2, 0.25) is 0 Å². The summed E-state index contributed by atoms with van der Waals surface area (Å²) in [6, 6.07) is 7.23. The van der Waals surface area contributed by atoms with E-state index in [-0.39, 0.29) is 5.63 Å². The molecule has 2 aromatic rings. The molecular weight excluding hydrogens is 322 g/mol. The van der Waals surface area contributed by atoms with E-state index >= 15 is 0 Å². The molecule has 0 aliphatic carbocycles. The van der Waals surface area contributed by atoms with Gasteiger partial charge in [-0.15, -0.1) is 0 Å². The number of rotatable bonds is 7. The summed E-state index contributed by atoms with van der Waals surface area (Å²) in [6.07, 6.45) is 4.19. The Hall–Kier alpha value is -1.46. The lowest BCUT2D eigenvalue weighted by Gasteiger charge is -2.23. The van der Waals surface area contributed by atoms with Crippen molar-refractivity contribution in [1.29, 1.82) is 0 Å². The largest absolute Gasteiger partial charge is 0.493 e. The van der Waals surface area contributed by atoms with Gasteiger partial charge in [-0.1, -0.05) is 0 Å². The molecule has 5 heteroatoms. The van der Waals surface area contributed by atoms with Gasteiger partial charge in [-0.05, 0) is 43.9 Å². The van der Waals surface area contributed by atoms with Crippen molar-refractivity contribution in [2.45, 2.75) is 26.2 Å². The molecule has 0 amide bonds. The molecule has 0 spiro atoms. The SMILES string of the molecule is Cc1cc(=O)oc2cc(OCCSCC[NH+]3CCCCC3)ccc12. The Morgan fingerprint density at radius 3 is 2.83 bits per heavy atom. The van der Waals surface area contributed by atoms with Crippen molar-refractivity contribution in [2.24, 2.45) is 0 Å². The molecule has 1 aliphatic rings. The number of hydrogen-bond donors (Lipinski definition) is 1. The number of nitrogens with one attached hydrogen (secondary N) is 1. The van der Waals surface area contributed by atoms with Crippen molar-refractivity contribution in [1.82, 2.24) is 0 Å². The second kappa shape index (κ2) is 8.58. The van der Waals surface area contributed by atoms with E-state index in [0.717, 1.165) is 22.5 Å². The Labute approximate surface area is 147 Å². The molecule has 0 radical (unpaired) electrons. The highest BCUT2D eigenvalue weighted by Crippen LogP contribution is 2.22. The number of aryl methyl sites for hydroxylation is 1. The Balaban J connectivity index is 1.41. The van der Waals surface area contributed by atoms with E-state index in [4.69, 9.17) is 9.15 Å². The maximum absolute atomic E-state index is 11.5. The van der Waals surface area contributed by atoms with Gasteiger partial charge in [0.1, 0.15) is 11.3 Å². The zero-order valence-corrected chi connectivity index (χ0v) is 15.1. The Kier molecular flexibility index (Phi) is 6.21. The van der Waals surface area contributed by atoms with Gasteiger partial charge in [0.15, 0.2) is 0 Å². The standard InChI is InChI=1S/C19H25NO3S/c1-15-13-19(21)23-18-14-16(5-6-17(15)18)22-10-12-24-11-9-20-7-3-2-4-8-20/h5-6,13-14H,2-4,7-12H2,1H3/p+1. The van der Waals surface area contributed by atoms with Gasteiger partial charge < -0.3 is 14.1 Å². The smallest absolute Gasteiger partial charge is 0.336 e. The predicted molar refractivity (Wildman–Crippen MR) is 99.5 cm³/mol. The van der Waals surface area contributed by atoms with Crippen LogP contribution in [0.2, 0.25) is 0 Å². The topological polar surface area (TPSA) is 43.9 Å². The number of thioether (sulfide) groups is 1. The summed E-state index contributed by atoms with van der Waals surface area (Å²) >= 11 is 1.96. The van der Waals surface area contributed by atoms with E-state index in [1.807, 2.05) is 36.9 Å². The fourth-order valence-electron chi connectivity index (χ4n) is 3.23. The third-order valence-corrected chi connectivity index (χ3v) is 5.53. The average Bonchev–Trinajstić information content (AvgIpc) is 2.58. The summed E-state index contributed by atoms with van der Waals surface area (Å²) < 4.78 is 11.0. The Morgan fingerprint density at radius 2 is 2.00 bits per heavy atom. The summed E-state index contributed by atoms with van der Waals surface area (Å²) in [5, 5.41) is 0.959. The fraction of sp³-hybridized carbons (Fsp3) is 0.526. The summed E-state index contributed by atoms with van der Waals surface area (Å²) in [7, 11) is 0. The summed E-state index contributed by atoms with van der Waals surface area (Å²) in [5.41, 5.74) is 1.22. The minimum absolute atomic E-state index is 0.312. The van der Waals surface area contributed by atoms with Crippen LogP contribution in [-0.4, -0.2) is 37.7 Å². The van der Waals surface area contributed by atoms with Gasteiger partial charge in [-0.2, -0.15) is 11.8 Å². The highest BCUT2D eigenvalue weighted by Gasteiger charge is 2.12. The van der Waals surface area contributed by atoms with E-state index in [2.05, 4.69) is 0 Å². The van der Waals surface area contributed by atoms with Crippen molar-refractivity contribution in [3.8, 4) is 5.75 Å². The van der Waals surface area contributed by atoms with Crippen LogP contribution in [0.25, 0.3) is 11.0 Å². The lowest BCUT2D eigenvalue weighted by molar-refractivity contribution is -0.902. The molecule has 24 heavy (non-hydrogen) atoms. The minimum atomic E-state index is -0.312. The first-order chi connectivity index (χ1) is 11.7. The quantitative estimate of drug-likeness (QED) is 0.616. The molecule has 2 heterocycles. The van der Waals surface area contributed by atoms with Crippen LogP contribution in [0.15, 0.2) is 33.5 Å². The van der Waals surface area contributed by atoms with E-state index in [0.29, 0.717) is 12.2 Å². The molecule has 1 saturated heterocycles. The molecule has 1 aliphatic heterocycles. The van der Waals surface area contributed by atoms with Crippen LogP contribution in [0.5, 0.6) is 5.75 Å². The summed E-state index contributed by atoms with van der Waals surface area (Å²) in [5.74, 6) is 2.95. The van der Waals surface area contributed by atoms with Gasteiger partial charge in [0.25, 0.3) is 0 Å². The van der Waals surface area contributed by atoms with Crippen LogP contribution >= 0.6 is 11.8 Å². The highest BCUT2D eigenvalue weighted by atomic mass is 32.2. The van der Waals surface area contributed by atoms with Crippen LogP contribution in [0, 0.1) is 6.92 Å². The molecule has 0 bridgehead atoms. The number of likely N-dealkylation sites (tertiary alicyclic amines) is 1. The molecule has 130 valence electrons. The van der Waals surface area contributed by atoms with Crippen molar-refractivity contribution < 1.29 is 14.1 Å². The number of hydrogen-bond acceptors (Lipinski definition) is 4. The van der Waals surface area contributed by atoms with Crippen molar-refractivity contribution in [3.05, 3.63) is 40.2 Å². The van der Waals surface area contributed by atoms with Crippen LogP contribution in [-0.2, 0) is 0 Å². The lowest BCUT2D eigenvalue weighted by Crippen LogP contribution is -3.13. The second-order valence-electron chi connectivity index (χ2n) is 6.43. The Bertz CT molecular complexity index is 722. The summed E-state index contributed by atoms with van der Waals surface area (Å²) in [6.45, 7) is 6.56. The Morgan fingerprint density at radius 1 is 1.17 bits per heavy atom. The van der Waals surface area contributed by atoms with E-state index in [1.165, 1.54) is 50.7 Å². The van der Waals surface area contributed by atoms with Crippen LogP contribution in [0.3, 0.4) is 0 Å². The van der Waals surface area contributed by atoms with E-state index in [9.17, 15) is 4.79 Å². The number of piperidine rings is 1. The first-order valence-corrected chi connectivity index (χ1v) is 9.96. The molecule has 4 nitrogen and oxygen atoms in total. The molecule has 1 N–H and O–H groups in total. The third-order valence-electron chi connectivity index (χ3n) is 4.58. The average molecular weight is 348 g/mol. The third kappa shape index (κ3) is 4.77. The molecule has 1 aromatic heterocycles. The number of fused-ring (bicyclic) bond motifs is 1. The predicted octanol–water partition coefficient (Wildman–Crippen LogP) is 2.28. The lowest BCUT2D eigenvalue weighted by atomic mass is 10.1. The number of quaternary nitrogens is 1. The molecule has 0 atom stereocenters. The van der Waals surface area contributed by atoms with Crippen LogP contribution in [0.1, 0.15) is 24.8 Å². The van der Waals surface area contributed by atoms with Crippen LogP contribution in [0.4, 0.5) is 0 Å². The van der Waals surface area contributed by atoms with Crippen molar-refractivity contribution in [3.63, 3.8) is 0 Å². The van der Waals surface area contributed by atoms with Gasteiger partial charge in [-0.3, -0.25) is 0 Å². The van der Waals surface area contributed by atoms with Crippen LogP contribution < -0.4 is 15.3 Å². The molecule has 1 fully saturated rings. The van der Waals surface area contributed by atoms with Crippen molar-refractivity contribution in [2.75, 3.05) is 37.7 Å². The maximum atomic E-state index is 11.5. The fourth-order valence-corrected chi connectivity index (χ4v) is 4.07. The van der Waals surface area contributed by atoms with Gasteiger partial charge in [0.05, 0.1) is 26.2 Å². The zero-order chi connectivity index (χ0) is 16.8. The molecule has 0 saturated carbocycles. The molecule has 1 aromatic carbocycles. The molecule has 0 unspecified atom stereocenters. The normalized spacial score (nSPS) is 15.7. The molecule has 3 rings (SSSR count). The molecular formula is C19H26NO3S+. The first-order valence-electron chi connectivity index (χ1n) is 8.81. The minimum Gasteiger partial charge on any atom is -0.493 e. The second-order valence-corrected chi connectivity index (χ2v) is 7.65. The van der Waals surface area contributed by atoms with E-state index in [1.54, 1.807) is 4.90 Å². The highest BCUT2D eigenvalue weighted by molar-refractivity contribution is 7.99. The number of benzene rings is 1. The van der Waals surface area contributed by atoms with E-state index < -0.39 is 0 Å². The van der Waals surface area contributed by atoms with Gasteiger partial charge in [0, 0.05) is 29.0 Å². The van der Waals surface area contributed by atoms with Gasteiger partial charge >= 0.3 is 5.63 Å². The maximum Gasteiger partial charge on any atom is 0.336 e. The summed E-state index contributed by atoms with van der Waals surface area (Å²) in [4.78, 5) is 13.2. The van der Waals surface area contributed by atoms with Crippen molar-refractivity contribution >= 4 is 22.7 Å².